The number of hydrogen-bond donors (Lipinski definition) is 2. The number of halogens is 2. The number of nitrogens with zero attached hydrogens (tertiary/aromatic N) is 4. The Morgan fingerprint density at radius 2 is 1.77 bits per heavy atom. The van der Waals surface area contributed by atoms with E-state index in [4.69, 9.17) is 5.73 Å². The molecule has 9 nitrogen and oxygen atoms in total. The van der Waals surface area contributed by atoms with Crippen molar-refractivity contribution in [2.45, 2.75) is 6.42 Å². The van der Waals surface area contributed by atoms with Crippen LogP contribution in [0.1, 0.15) is 16.8 Å². The predicted molar refractivity (Wildman–Crippen MR) is 106 cm³/mol. The first-order chi connectivity index (χ1) is 14.3. The highest BCUT2D eigenvalue weighted by Crippen LogP contribution is 2.26. The Morgan fingerprint density at radius 1 is 1.10 bits per heavy atom. The average molecular weight is 434 g/mol. The fourth-order valence-corrected chi connectivity index (χ4v) is 4.67. The highest BCUT2D eigenvalue weighted by atomic mass is 32.2. The van der Waals surface area contributed by atoms with Gasteiger partial charge in [0.15, 0.2) is 0 Å². The molecule has 30 heavy (non-hydrogen) atoms. The number of anilines is 4. The monoisotopic (exact) mass is 434 g/mol. The zero-order chi connectivity index (χ0) is 21.5. The van der Waals surface area contributed by atoms with Gasteiger partial charge in [-0.2, -0.15) is 9.67 Å². The van der Waals surface area contributed by atoms with Crippen LogP contribution in [-0.4, -0.2) is 41.4 Å². The van der Waals surface area contributed by atoms with Crippen LogP contribution in [-0.2, 0) is 10.0 Å². The van der Waals surface area contributed by atoms with Gasteiger partial charge in [0.1, 0.15) is 17.2 Å². The first kappa shape index (κ1) is 19.8. The summed E-state index contributed by atoms with van der Waals surface area (Å²) in [7, 11) is -3.29. The molecule has 2 aromatic carbocycles. The maximum absolute atomic E-state index is 13.9. The molecule has 4 rings (SSSR count). The molecule has 1 aliphatic rings. The van der Waals surface area contributed by atoms with Crippen molar-refractivity contribution < 1.29 is 22.0 Å². The Hall–Kier alpha value is -3.54. The SMILES string of the molecule is Nc1nc(Nc2ccc(N3CCCS3(=O)=O)cc2)nn1C(=O)c1c(F)cccc1F. The fraction of sp³-hybridized carbons (Fsp3) is 0.167. The first-order valence-electron chi connectivity index (χ1n) is 8.85. The largest absolute Gasteiger partial charge is 0.368 e. The van der Waals surface area contributed by atoms with Gasteiger partial charge in [-0.3, -0.25) is 9.10 Å². The third kappa shape index (κ3) is 3.56. The van der Waals surface area contributed by atoms with Crippen molar-refractivity contribution in [3.8, 4) is 0 Å². The van der Waals surface area contributed by atoms with E-state index >= 15 is 0 Å². The van der Waals surface area contributed by atoms with Gasteiger partial charge in [-0.1, -0.05) is 6.07 Å². The molecule has 0 amide bonds. The van der Waals surface area contributed by atoms with Gasteiger partial charge in [0.05, 0.1) is 11.4 Å². The summed E-state index contributed by atoms with van der Waals surface area (Å²) in [6.07, 6.45) is 0.569. The van der Waals surface area contributed by atoms with Gasteiger partial charge in [-0.05, 0) is 42.8 Å². The molecular formula is C18H16F2N6O3S. The highest BCUT2D eigenvalue weighted by Gasteiger charge is 2.28. The summed E-state index contributed by atoms with van der Waals surface area (Å²) >= 11 is 0. The maximum atomic E-state index is 13.9. The number of sulfonamides is 1. The maximum Gasteiger partial charge on any atom is 0.287 e. The third-order valence-electron chi connectivity index (χ3n) is 4.51. The van der Waals surface area contributed by atoms with Crippen LogP contribution in [0.3, 0.4) is 0 Å². The van der Waals surface area contributed by atoms with Crippen LogP contribution in [0.15, 0.2) is 42.5 Å². The zero-order valence-electron chi connectivity index (χ0n) is 15.4. The Bertz CT molecular complexity index is 1210. The number of nitrogens with one attached hydrogen (secondary N) is 1. The van der Waals surface area contributed by atoms with E-state index in [9.17, 15) is 22.0 Å². The molecule has 0 bridgehead atoms. The lowest BCUT2D eigenvalue weighted by Crippen LogP contribution is -2.24. The fourth-order valence-electron chi connectivity index (χ4n) is 3.10. The Kier molecular flexibility index (Phi) is 4.86. The third-order valence-corrected chi connectivity index (χ3v) is 6.38. The van der Waals surface area contributed by atoms with E-state index in [2.05, 4.69) is 15.4 Å². The van der Waals surface area contributed by atoms with Gasteiger partial charge in [0.2, 0.25) is 21.9 Å². The van der Waals surface area contributed by atoms with Crippen molar-refractivity contribution in [3.05, 3.63) is 59.7 Å². The summed E-state index contributed by atoms with van der Waals surface area (Å²) in [6, 6.07) is 9.49. The lowest BCUT2D eigenvalue weighted by atomic mass is 10.2. The normalized spacial score (nSPS) is 15.3. The quantitative estimate of drug-likeness (QED) is 0.645. The van der Waals surface area contributed by atoms with E-state index in [1.807, 2.05) is 0 Å². The molecule has 1 saturated heterocycles. The van der Waals surface area contributed by atoms with E-state index in [1.165, 1.54) is 4.31 Å². The van der Waals surface area contributed by atoms with Crippen LogP contribution in [0.2, 0.25) is 0 Å². The van der Waals surface area contributed by atoms with Crippen LogP contribution < -0.4 is 15.4 Å². The van der Waals surface area contributed by atoms with E-state index in [-0.39, 0.29) is 17.6 Å². The molecule has 0 aliphatic carbocycles. The van der Waals surface area contributed by atoms with Crippen LogP contribution in [0.25, 0.3) is 0 Å². The van der Waals surface area contributed by atoms with E-state index < -0.39 is 33.1 Å². The first-order valence-corrected chi connectivity index (χ1v) is 10.5. The highest BCUT2D eigenvalue weighted by molar-refractivity contribution is 7.93. The minimum atomic E-state index is -3.29. The van der Waals surface area contributed by atoms with Crippen molar-refractivity contribution in [2.24, 2.45) is 0 Å². The van der Waals surface area contributed by atoms with Crippen LogP contribution in [0.4, 0.5) is 32.1 Å². The number of nitrogen functional groups attached to an aromatic ring is 1. The average Bonchev–Trinajstić information content (AvgIpc) is 3.23. The molecule has 0 atom stereocenters. The molecule has 0 radical (unpaired) electrons. The Morgan fingerprint density at radius 3 is 2.37 bits per heavy atom. The molecule has 1 aliphatic heterocycles. The summed E-state index contributed by atoms with van der Waals surface area (Å²) in [5.74, 6) is -3.50. The van der Waals surface area contributed by atoms with Crippen molar-refractivity contribution in [1.29, 1.82) is 0 Å². The Labute approximate surface area is 170 Å². The lowest BCUT2D eigenvalue weighted by Gasteiger charge is -2.17. The molecule has 2 heterocycles. The number of carbonyl (C=O) groups excluding carboxylic acids is 1. The zero-order valence-corrected chi connectivity index (χ0v) is 16.2. The molecule has 0 unspecified atom stereocenters. The second-order valence-electron chi connectivity index (χ2n) is 6.52. The van der Waals surface area contributed by atoms with Gasteiger partial charge in [-0.25, -0.2) is 17.2 Å². The topological polar surface area (TPSA) is 123 Å². The van der Waals surface area contributed by atoms with Crippen LogP contribution in [0, 0.1) is 11.6 Å². The minimum Gasteiger partial charge on any atom is -0.368 e. The molecule has 12 heteroatoms. The lowest BCUT2D eigenvalue weighted by molar-refractivity contribution is 0.0939. The predicted octanol–water partition coefficient (Wildman–Crippen LogP) is 2.11. The number of hydrogen-bond acceptors (Lipinski definition) is 7. The standard InChI is InChI=1S/C18H16F2N6O3S/c19-13-3-1-4-14(20)15(13)16(27)26-17(21)23-18(24-26)22-11-5-7-12(8-6-11)25-9-2-10-30(25,28)29/h1,3-8H,2,9-10H2,(H3,21,22,23,24). The van der Waals surface area contributed by atoms with E-state index in [1.54, 1.807) is 24.3 Å². The van der Waals surface area contributed by atoms with Gasteiger partial charge in [0, 0.05) is 12.2 Å². The van der Waals surface area contributed by atoms with Gasteiger partial charge >= 0.3 is 0 Å². The van der Waals surface area contributed by atoms with E-state index in [0.29, 0.717) is 29.0 Å². The summed E-state index contributed by atoms with van der Waals surface area (Å²) in [6.45, 7) is 0.423. The summed E-state index contributed by atoms with van der Waals surface area (Å²) < 4.78 is 53.7. The molecule has 1 aromatic heterocycles. The van der Waals surface area contributed by atoms with Gasteiger partial charge < -0.3 is 11.1 Å². The summed E-state index contributed by atoms with van der Waals surface area (Å²) in [5, 5.41) is 6.68. The minimum absolute atomic E-state index is 0.0702. The van der Waals surface area contributed by atoms with Crippen molar-refractivity contribution in [1.82, 2.24) is 14.8 Å². The smallest absolute Gasteiger partial charge is 0.287 e. The number of rotatable bonds is 4. The number of carbonyl (C=O) groups is 1. The molecule has 1 fully saturated rings. The van der Waals surface area contributed by atoms with Crippen LogP contribution in [0.5, 0.6) is 0 Å². The van der Waals surface area contributed by atoms with Crippen LogP contribution >= 0.6 is 0 Å². The molecule has 3 N–H and O–H groups in total. The van der Waals surface area contributed by atoms with Gasteiger partial charge in [-0.15, -0.1) is 5.10 Å². The van der Waals surface area contributed by atoms with Gasteiger partial charge in [0.25, 0.3) is 5.91 Å². The van der Waals surface area contributed by atoms with Crippen molar-refractivity contribution >= 4 is 39.2 Å². The second kappa shape index (κ2) is 7.37. The summed E-state index contributed by atoms with van der Waals surface area (Å²) in [4.78, 5) is 16.3. The molecule has 0 spiro atoms. The van der Waals surface area contributed by atoms with Crippen molar-refractivity contribution in [2.75, 3.05) is 27.7 Å². The van der Waals surface area contributed by atoms with E-state index in [0.717, 1.165) is 18.2 Å². The number of aromatic nitrogens is 3. The molecule has 156 valence electrons. The Balaban J connectivity index is 1.55. The molecule has 0 saturated carbocycles. The second-order valence-corrected chi connectivity index (χ2v) is 8.53. The summed E-state index contributed by atoms with van der Waals surface area (Å²) in [5.41, 5.74) is 5.91. The molecule has 3 aromatic rings. The number of benzene rings is 2. The van der Waals surface area contributed by atoms with Crippen molar-refractivity contribution in [3.63, 3.8) is 0 Å². The molecular weight excluding hydrogens is 418 g/mol. The number of nitrogens with two attached hydrogens (primary N) is 1.